The van der Waals surface area contributed by atoms with Crippen LogP contribution in [0.1, 0.15) is 42.1 Å². The van der Waals surface area contributed by atoms with E-state index in [9.17, 15) is 24.8 Å². The lowest BCUT2D eigenvalue weighted by Crippen LogP contribution is -2.42. The lowest BCUT2D eigenvalue weighted by Gasteiger charge is -2.36. The first-order valence-corrected chi connectivity index (χ1v) is 12.5. The van der Waals surface area contributed by atoms with Gasteiger partial charge in [-0.1, -0.05) is 12.1 Å². The third kappa shape index (κ3) is 4.34. The van der Waals surface area contributed by atoms with Crippen molar-refractivity contribution in [2.24, 2.45) is 5.92 Å². The van der Waals surface area contributed by atoms with Gasteiger partial charge in [-0.2, -0.15) is 0 Å². The molecule has 1 amide bonds. The molecule has 2 aliphatic rings. The van der Waals surface area contributed by atoms with Crippen molar-refractivity contribution in [3.63, 3.8) is 0 Å². The minimum absolute atomic E-state index is 0.00616. The number of nitro benzene ring substituents is 1. The van der Waals surface area contributed by atoms with Gasteiger partial charge in [-0.05, 0) is 56.0 Å². The summed E-state index contributed by atoms with van der Waals surface area (Å²) in [5, 5.41) is 23.8. The van der Waals surface area contributed by atoms with Crippen molar-refractivity contribution < 1.29 is 19.6 Å². The predicted octanol–water partition coefficient (Wildman–Crippen LogP) is 4.83. The molecule has 5 atom stereocenters. The zero-order chi connectivity index (χ0) is 24.6. The number of halogens is 1. The number of nitrogens with one attached hydrogen (secondary N) is 1. The summed E-state index contributed by atoms with van der Waals surface area (Å²) in [5.74, 6) is -1.67. The molecule has 0 radical (unpaired) electrons. The number of carboxylic acid groups (broad SMARTS) is 1. The van der Waals surface area contributed by atoms with Crippen LogP contribution in [-0.4, -0.2) is 56.6 Å². The van der Waals surface area contributed by atoms with Gasteiger partial charge in [-0.3, -0.25) is 14.9 Å². The summed E-state index contributed by atoms with van der Waals surface area (Å²) in [7, 11) is 0. The molecule has 1 fully saturated rings. The Balaban J connectivity index is 1.70. The molecule has 0 saturated heterocycles. The fourth-order valence-corrected chi connectivity index (χ4v) is 7.00. The summed E-state index contributed by atoms with van der Waals surface area (Å²) < 4.78 is 0. The molecule has 1 aliphatic heterocycles. The molecule has 4 rings (SSSR count). The van der Waals surface area contributed by atoms with Crippen molar-refractivity contribution >= 4 is 46.6 Å². The second-order valence-corrected chi connectivity index (χ2v) is 10.3. The maximum absolute atomic E-state index is 13.0. The number of hydrogen-bond donors (Lipinski definition) is 2. The highest BCUT2D eigenvalue weighted by Gasteiger charge is 2.52. The molecule has 8 nitrogen and oxygen atoms in total. The summed E-state index contributed by atoms with van der Waals surface area (Å²) in [6.07, 6.45) is 0.479. The van der Waals surface area contributed by atoms with Crippen molar-refractivity contribution in [3.8, 4) is 0 Å². The van der Waals surface area contributed by atoms with Crippen LogP contribution in [0.4, 0.5) is 11.4 Å². The molecule has 2 N–H and O–H groups in total. The Kier molecular flexibility index (Phi) is 7.04. The molecule has 0 spiro atoms. The van der Waals surface area contributed by atoms with E-state index in [4.69, 9.17) is 11.6 Å². The van der Waals surface area contributed by atoms with Gasteiger partial charge in [-0.25, -0.2) is 4.79 Å². The normalized spacial score (nSPS) is 25.1. The van der Waals surface area contributed by atoms with Crippen LogP contribution >= 0.6 is 23.4 Å². The van der Waals surface area contributed by atoms with Crippen LogP contribution in [-0.2, 0) is 4.79 Å². The van der Waals surface area contributed by atoms with Crippen molar-refractivity contribution in [1.29, 1.82) is 0 Å². The van der Waals surface area contributed by atoms with Gasteiger partial charge >= 0.3 is 5.97 Å². The van der Waals surface area contributed by atoms with E-state index in [0.29, 0.717) is 35.7 Å². The number of nitro groups is 1. The number of carbonyl (C=O) groups is 2. The van der Waals surface area contributed by atoms with Crippen LogP contribution in [0.25, 0.3) is 0 Å². The van der Waals surface area contributed by atoms with Crippen molar-refractivity contribution in [1.82, 2.24) is 4.90 Å². The molecule has 2 aromatic carbocycles. The second-order valence-electron chi connectivity index (χ2n) is 8.49. The number of hydrogen-bond acceptors (Lipinski definition) is 6. The molecule has 0 aromatic heterocycles. The van der Waals surface area contributed by atoms with E-state index in [0.717, 1.165) is 5.56 Å². The molecule has 0 bridgehead atoms. The van der Waals surface area contributed by atoms with Crippen LogP contribution in [0.3, 0.4) is 0 Å². The number of aliphatic carboxylic acids is 1. The number of anilines is 1. The van der Waals surface area contributed by atoms with Gasteiger partial charge in [0.15, 0.2) is 0 Å². The number of carboxylic acids is 1. The Morgan fingerprint density at radius 1 is 1.24 bits per heavy atom. The molecular weight excluding hydrogens is 478 g/mol. The number of para-hydroxylation sites is 1. The summed E-state index contributed by atoms with van der Waals surface area (Å²) >= 11 is 8.30. The van der Waals surface area contributed by atoms with Crippen LogP contribution in [0.5, 0.6) is 0 Å². The number of nitrogens with zero attached hydrogens (tertiary/aromatic N) is 2. The third-order valence-corrected chi connectivity index (χ3v) is 8.83. The first-order chi connectivity index (χ1) is 16.3. The molecule has 2 aromatic rings. The van der Waals surface area contributed by atoms with Gasteiger partial charge in [0.25, 0.3) is 11.6 Å². The van der Waals surface area contributed by atoms with Crippen LogP contribution in [0.2, 0.25) is 0 Å². The van der Waals surface area contributed by atoms with Gasteiger partial charge in [0.05, 0.1) is 15.2 Å². The van der Waals surface area contributed by atoms with Crippen molar-refractivity contribution in [3.05, 3.63) is 63.7 Å². The number of benzene rings is 2. The lowest BCUT2D eigenvalue weighted by molar-refractivity contribution is -0.387. The molecule has 0 unspecified atom stereocenters. The van der Waals surface area contributed by atoms with E-state index in [1.807, 2.05) is 19.9 Å². The van der Waals surface area contributed by atoms with E-state index in [1.54, 1.807) is 35.2 Å². The largest absolute Gasteiger partial charge is 0.480 e. The van der Waals surface area contributed by atoms with E-state index in [1.165, 1.54) is 17.8 Å². The highest BCUT2D eigenvalue weighted by atomic mass is 35.5. The molecule has 180 valence electrons. The number of carbonyl (C=O) groups excluding carboxylic acids is 1. The SMILES string of the molecule is CCN(CC)C(=O)c1ccc2c(c1)[C@@H]1[C@H](Cl)[C@H](Sc3ccccc3[N+](=O)[O-])C[C@H]1[C@@H](C(=O)O)N2. The van der Waals surface area contributed by atoms with Gasteiger partial charge in [0.1, 0.15) is 6.04 Å². The minimum Gasteiger partial charge on any atom is -0.480 e. The summed E-state index contributed by atoms with van der Waals surface area (Å²) in [6, 6.07) is 11.0. The van der Waals surface area contributed by atoms with E-state index < -0.39 is 22.3 Å². The van der Waals surface area contributed by atoms with Crippen molar-refractivity contribution in [2.75, 3.05) is 18.4 Å². The minimum atomic E-state index is -0.968. The monoisotopic (exact) mass is 503 g/mol. The maximum Gasteiger partial charge on any atom is 0.326 e. The Labute approximate surface area is 206 Å². The van der Waals surface area contributed by atoms with Crippen molar-refractivity contribution in [2.45, 2.75) is 47.8 Å². The van der Waals surface area contributed by atoms with Crippen LogP contribution < -0.4 is 5.32 Å². The topological polar surface area (TPSA) is 113 Å². The smallest absolute Gasteiger partial charge is 0.326 e. The van der Waals surface area contributed by atoms with Gasteiger partial charge in [0.2, 0.25) is 0 Å². The molecule has 10 heteroatoms. The quantitative estimate of drug-likeness (QED) is 0.316. The molecule has 1 saturated carbocycles. The number of thioether (sulfide) groups is 1. The van der Waals surface area contributed by atoms with E-state index in [2.05, 4.69) is 5.32 Å². The number of rotatable bonds is 7. The van der Waals surface area contributed by atoms with Gasteiger partial charge in [-0.15, -0.1) is 23.4 Å². The number of alkyl halides is 1. The highest BCUT2D eigenvalue weighted by molar-refractivity contribution is 8.00. The van der Waals surface area contributed by atoms with Gasteiger partial charge in [0, 0.05) is 41.6 Å². The van der Waals surface area contributed by atoms with Crippen LogP contribution in [0, 0.1) is 16.0 Å². The third-order valence-electron chi connectivity index (χ3n) is 6.72. The average Bonchev–Trinajstić information content (AvgIpc) is 3.15. The average molecular weight is 504 g/mol. The van der Waals surface area contributed by atoms with Gasteiger partial charge < -0.3 is 15.3 Å². The predicted molar refractivity (Wildman–Crippen MR) is 132 cm³/mol. The molecule has 34 heavy (non-hydrogen) atoms. The summed E-state index contributed by atoms with van der Waals surface area (Å²) in [4.78, 5) is 38.3. The van der Waals surface area contributed by atoms with Crippen LogP contribution in [0.15, 0.2) is 47.4 Å². The number of fused-ring (bicyclic) bond motifs is 3. The zero-order valence-electron chi connectivity index (χ0n) is 18.8. The lowest BCUT2D eigenvalue weighted by atomic mass is 9.79. The Morgan fingerprint density at radius 3 is 2.59 bits per heavy atom. The molecule has 1 heterocycles. The first-order valence-electron chi connectivity index (χ1n) is 11.2. The molecular formula is C24H26ClN3O5S. The second kappa shape index (κ2) is 9.84. The standard InChI is InChI=1S/C24H26ClN3O5S/c1-3-27(4-2)23(29)13-9-10-16-14(11-13)20-15(22(26-16)24(30)31)12-19(21(20)25)34-18-8-6-5-7-17(18)28(32)33/h5-11,15,19-22,26H,3-4,12H2,1-2H3,(H,30,31)/t15-,19-,20+,21-,22+/m1/s1. The Bertz CT molecular complexity index is 1130. The van der Waals surface area contributed by atoms with E-state index >= 15 is 0 Å². The Hall–Kier alpha value is -2.78. The maximum atomic E-state index is 13.0. The van der Waals surface area contributed by atoms with E-state index in [-0.39, 0.29) is 28.7 Å². The first kappa shape index (κ1) is 24.3. The summed E-state index contributed by atoms with van der Waals surface area (Å²) in [5.41, 5.74) is 2.03. The summed E-state index contributed by atoms with van der Waals surface area (Å²) in [6.45, 7) is 5.02. The zero-order valence-corrected chi connectivity index (χ0v) is 20.4. The highest BCUT2D eigenvalue weighted by Crippen LogP contribution is 2.55. The molecule has 1 aliphatic carbocycles. The fourth-order valence-electron chi connectivity index (χ4n) is 5.06. The fraction of sp³-hybridized carbons (Fsp3) is 0.417. The Morgan fingerprint density at radius 2 is 1.94 bits per heavy atom. The number of amides is 1.